The zero-order chi connectivity index (χ0) is 88.4. The summed E-state index contributed by atoms with van der Waals surface area (Å²) in [7, 11) is 1.66. The first-order valence-electron chi connectivity index (χ1n) is 45.8. The summed E-state index contributed by atoms with van der Waals surface area (Å²) in [5, 5.41) is 21.4. The highest BCUT2D eigenvalue weighted by Gasteiger charge is 2.66. The van der Waals surface area contributed by atoms with Gasteiger partial charge in [-0.1, -0.05) is 215 Å². The maximum absolute atomic E-state index is 14.1. The molecule has 10 aromatic carbocycles. The van der Waals surface area contributed by atoms with E-state index in [1.54, 1.807) is 31.4 Å². The molecule has 17 heteroatoms. The number of Topliss-reactive ketones (excluding diaryl/α,β-unsaturated/α-hetero) is 3. The summed E-state index contributed by atoms with van der Waals surface area (Å²) in [5.41, 5.74) is 17.5. The van der Waals surface area contributed by atoms with Crippen molar-refractivity contribution in [3.05, 3.63) is 321 Å². The Kier molecular flexibility index (Phi) is 28.2. The number of carbonyl (C=O) groups is 4. The van der Waals surface area contributed by atoms with E-state index in [0.29, 0.717) is 97.2 Å². The van der Waals surface area contributed by atoms with E-state index in [2.05, 4.69) is 159 Å². The summed E-state index contributed by atoms with van der Waals surface area (Å²) in [6.45, 7) is 24.6. The van der Waals surface area contributed by atoms with E-state index in [0.717, 1.165) is 170 Å². The number of ketones is 3. The van der Waals surface area contributed by atoms with Crippen LogP contribution in [0.15, 0.2) is 243 Å². The molecule has 127 heavy (non-hydrogen) atoms. The van der Waals surface area contributed by atoms with Gasteiger partial charge in [0.05, 0.1) is 70.3 Å². The highest BCUT2D eigenvalue weighted by atomic mass is 16.7. The van der Waals surface area contributed by atoms with Gasteiger partial charge in [-0.05, 0) is 226 Å². The van der Waals surface area contributed by atoms with Gasteiger partial charge in [0.25, 0.3) is 0 Å². The first-order valence-corrected chi connectivity index (χ1v) is 45.8. The summed E-state index contributed by atoms with van der Waals surface area (Å²) >= 11 is 0. The van der Waals surface area contributed by atoms with Crippen LogP contribution in [-0.2, 0) is 67.9 Å². The predicted octanol–water partition coefficient (Wildman–Crippen LogP) is 20.3. The van der Waals surface area contributed by atoms with Crippen molar-refractivity contribution < 1.29 is 76.8 Å². The molecule has 7 aliphatic carbocycles. The van der Waals surface area contributed by atoms with Crippen LogP contribution in [0, 0.1) is 46.3 Å². The Balaban J connectivity index is 0.000000165. The van der Waals surface area contributed by atoms with E-state index < -0.39 is 28.8 Å². The SMILES string of the molecule is CC(CCC(=O)OC1c2ccccc2-c2ccccc21)C1CCC2C3C(=O)CC4CC(=O)CCC4(C)C3CC(=O)C12C.CCOC(C)Oc1ccc(C2(c3ccc(O)cc3)c3ccccc3C(=C3c4ccccc4C(c4ccc(O)cc4)(c4ccc(OC(C)OCC)cc4)c4ccccc43)c3ccccc32)cc1.COCCOCCOCCOCCN1CCOCC1. The largest absolute Gasteiger partial charge is 0.508 e. The van der Waals surface area contributed by atoms with E-state index >= 15 is 0 Å². The number of hydrogen-bond acceptors (Lipinski definition) is 17. The minimum atomic E-state index is -0.790. The molecule has 10 aromatic rings. The van der Waals surface area contributed by atoms with Gasteiger partial charge in [0.1, 0.15) is 40.3 Å². The number of methoxy groups -OCH3 is 1. The van der Waals surface area contributed by atoms with Crippen molar-refractivity contribution in [1.82, 2.24) is 4.90 Å². The molecule has 0 bridgehead atoms. The van der Waals surface area contributed by atoms with E-state index in [1.165, 1.54) is 0 Å². The summed E-state index contributed by atoms with van der Waals surface area (Å²) in [6.07, 6.45) is 4.44. The van der Waals surface area contributed by atoms with Crippen molar-refractivity contribution in [2.24, 2.45) is 46.3 Å². The fourth-order valence-electron chi connectivity index (χ4n) is 22.8. The van der Waals surface area contributed by atoms with Gasteiger partial charge in [-0.15, -0.1) is 0 Å². The molecule has 0 aromatic heterocycles. The molecular weight excluding hydrogens is 1590 g/mol. The minimum Gasteiger partial charge on any atom is -0.508 e. The lowest BCUT2D eigenvalue weighted by atomic mass is 9.44. The zero-order valence-corrected chi connectivity index (χ0v) is 74.6. The van der Waals surface area contributed by atoms with Crippen LogP contribution in [0.4, 0.5) is 0 Å². The van der Waals surface area contributed by atoms with Crippen molar-refractivity contribution in [3.63, 3.8) is 0 Å². The monoisotopic (exact) mass is 1710 g/mol. The second-order valence-corrected chi connectivity index (χ2v) is 35.6. The topological polar surface area (TPSA) is 204 Å². The lowest BCUT2D eigenvalue weighted by molar-refractivity contribution is -0.166. The van der Waals surface area contributed by atoms with Gasteiger partial charge in [0.15, 0.2) is 18.7 Å². The van der Waals surface area contributed by atoms with Gasteiger partial charge in [-0.25, -0.2) is 0 Å². The van der Waals surface area contributed by atoms with Gasteiger partial charge in [0.2, 0.25) is 0 Å². The Hall–Kier alpha value is -10.7. The molecule has 8 aliphatic rings. The third-order valence-corrected chi connectivity index (χ3v) is 28.8. The van der Waals surface area contributed by atoms with E-state index in [4.69, 9.17) is 47.4 Å². The molecule has 1 saturated heterocycles. The number of rotatable bonds is 29. The van der Waals surface area contributed by atoms with E-state index in [9.17, 15) is 29.4 Å². The number of nitrogens with zero attached hydrogens (tertiary/aromatic N) is 1. The van der Waals surface area contributed by atoms with E-state index in [1.807, 2.05) is 113 Å². The van der Waals surface area contributed by atoms with Crippen LogP contribution in [-0.4, -0.2) is 150 Å². The number of carbonyl (C=O) groups excluding carboxylic acids is 4. The number of esters is 1. The van der Waals surface area contributed by atoms with Gasteiger partial charge < -0.3 is 57.6 Å². The minimum absolute atomic E-state index is 0.0589. The van der Waals surface area contributed by atoms with Crippen LogP contribution in [0.3, 0.4) is 0 Å². The van der Waals surface area contributed by atoms with Crippen molar-refractivity contribution in [2.75, 3.05) is 99.4 Å². The van der Waals surface area contributed by atoms with Crippen LogP contribution < -0.4 is 9.47 Å². The third-order valence-electron chi connectivity index (χ3n) is 28.8. The number of ether oxygens (including phenoxy) is 10. The lowest BCUT2D eigenvalue weighted by Crippen LogP contribution is -2.60. The number of phenols is 2. The maximum Gasteiger partial charge on any atom is 0.306 e. The molecule has 4 saturated carbocycles. The Morgan fingerprint density at radius 3 is 1.35 bits per heavy atom. The number of fused-ring (bicyclic) bond motifs is 12. The highest BCUT2D eigenvalue weighted by Crippen LogP contribution is 2.67. The smallest absolute Gasteiger partial charge is 0.306 e. The molecule has 10 atom stereocenters. The average Bonchev–Trinajstić information content (AvgIpc) is 1.34. The molecule has 0 amide bonds. The average molecular weight is 1710 g/mol. The molecule has 2 N–H and O–H groups in total. The molecule has 18 rings (SSSR count). The normalized spacial score (nSPS) is 23.8. The number of benzene rings is 10. The standard InChI is InChI=1S/C60H52O6.C37H42O5.C13H27NO5/c1-5-63-39(3)65-47-35-27-43(28-36-47)59(41-23-31-45(61)32-24-41)53-19-11-7-15-49(53)57(50-16-8-12-20-54(50)59)58-51-17-9-13-21-55(51)60(42-25-33-46(62)34-26-42,56-22-14-10-18-52(56)58)44-29-37-48(38-30-44)66-40(4)64-6-2;1-21(12-15-33(41)42-35-26-10-6-4-8-24(26)25-9-5-7-11-27(25)35)28-13-14-29-34-30(20-32(40)37(28,29)3)36(2)17-16-23(38)18-22(36)19-31(34)39;1-15-8-9-18-12-13-19-11-10-17-7-4-14-2-5-16-6-3-14/h7-40,61-62H,5-6H2,1-4H3;4-11,21-22,28-30,34-35H,12-20H2,1-3H3;2-13H2,1H3. The quantitative estimate of drug-likeness (QED) is 0.0254. The zero-order valence-electron chi connectivity index (χ0n) is 74.6. The Bertz CT molecular complexity index is 5170. The second-order valence-electron chi connectivity index (χ2n) is 35.6. The first kappa shape index (κ1) is 89.7. The van der Waals surface area contributed by atoms with Gasteiger partial charge >= 0.3 is 5.97 Å². The molecule has 17 nitrogen and oxygen atoms in total. The Morgan fingerprint density at radius 1 is 0.488 bits per heavy atom. The third kappa shape index (κ3) is 17.8. The molecule has 1 heterocycles. The fraction of sp³-hybridized carbons (Fsp3) is 0.400. The molecule has 0 spiro atoms. The maximum atomic E-state index is 14.1. The van der Waals surface area contributed by atoms with Gasteiger partial charge in [-0.3, -0.25) is 24.1 Å². The molecule has 10 unspecified atom stereocenters. The summed E-state index contributed by atoms with van der Waals surface area (Å²) in [6, 6.07) is 83.5. The van der Waals surface area contributed by atoms with Crippen molar-refractivity contribution in [3.8, 4) is 34.1 Å². The molecule has 0 radical (unpaired) electrons. The van der Waals surface area contributed by atoms with Crippen molar-refractivity contribution >= 4 is 34.5 Å². The Morgan fingerprint density at radius 2 is 0.906 bits per heavy atom. The van der Waals surface area contributed by atoms with Crippen LogP contribution in [0.2, 0.25) is 0 Å². The number of hydrogen-bond donors (Lipinski definition) is 2. The Labute approximate surface area is 748 Å². The van der Waals surface area contributed by atoms with Crippen LogP contribution in [0.25, 0.3) is 22.3 Å². The van der Waals surface area contributed by atoms with Crippen LogP contribution >= 0.6 is 0 Å². The lowest BCUT2D eigenvalue weighted by Gasteiger charge is -2.58. The van der Waals surface area contributed by atoms with Gasteiger partial charge in [-0.2, -0.15) is 0 Å². The van der Waals surface area contributed by atoms with Crippen molar-refractivity contribution in [1.29, 1.82) is 0 Å². The number of phenolic OH excluding ortho intramolecular Hbond substituents is 2. The summed E-state index contributed by atoms with van der Waals surface area (Å²) in [4.78, 5) is 55.6. The van der Waals surface area contributed by atoms with Crippen LogP contribution in [0.5, 0.6) is 23.0 Å². The molecular formula is C110H121NO16. The molecule has 1 aliphatic heterocycles. The molecule has 662 valence electrons. The summed E-state index contributed by atoms with van der Waals surface area (Å²) < 4.78 is 56.2. The first-order chi connectivity index (χ1) is 61.8. The fourth-order valence-corrected chi connectivity index (χ4v) is 22.8. The summed E-state index contributed by atoms with van der Waals surface area (Å²) in [5.74, 6) is 2.96. The van der Waals surface area contributed by atoms with Crippen LogP contribution in [0.1, 0.15) is 190 Å². The molecule has 5 fully saturated rings. The number of morpholine rings is 1. The van der Waals surface area contributed by atoms with E-state index in [-0.39, 0.29) is 76.1 Å². The number of aromatic hydroxyl groups is 2. The second kappa shape index (κ2) is 39.9. The van der Waals surface area contributed by atoms with Gasteiger partial charge in [0, 0.05) is 94.5 Å². The highest BCUT2D eigenvalue weighted by molar-refractivity contribution is 6.11. The predicted molar refractivity (Wildman–Crippen MR) is 492 cm³/mol. The van der Waals surface area contributed by atoms with Crippen molar-refractivity contribution in [2.45, 2.75) is 136 Å².